The van der Waals surface area contributed by atoms with Gasteiger partial charge in [0.2, 0.25) is 10.0 Å². The van der Waals surface area contributed by atoms with Gasteiger partial charge in [-0.15, -0.1) is 0 Å². The maximum absolute atomic E-state index is 12.9. The smallest absolute Gasteiger partial charge is 0.243 e. The van der Waals surface area contributed by atoms with Crippen molar-refractivity contribution in [1.29, 1.82) is 0 Å². The molecule has 0 spiro atoms. The van der Waals surface area contributed by atoms with Crippen molar-refractivity contribution in [2.45, 2.75) is 30.7 Å². The zero-order valence-electron chi connectivity index (χ0n) is 12.4. The van der Waals surface area contributed by atoms with E-state index in [1.165, 1.54) is 4.31 Å². The summed E-state index contributed by atoms with van der Waals surface area (Å²) >= 11 is 0. The number of furan rings is 1. The lowest BCUT2D eigenvalue weighted by atomic mass is 10.2. The molecule has 0 radical (unpaired) electrons. The van der Waals surface area contributed by atoms with E-state index in [1.54, 1.807) is 36.6 Å². The van der Waals surface area contributed by atoms with Crippen LogP contribution in [0.25, 0.3) is 0 Å². The fraction of sp³-hybridized carbons (Fsp3) is 0.375. The van der Waals surface area contributed by atoms with Crippen LogP contribution in [-0.2, 0) is 10.0 Å². The van der Waals surface area contributed by atoms with Crippen molar-refractivity contribution in [1.82, 2.24) is 4.31 Å². The number of sulfonamides is 1. The highest BCUT2D eigenvalue weighted by Crippen LogP contribution is 2.36. The summed E-state index contributed by atoms with van der Waals surface area (Å²) in [6.07, 6.45) is 3.20. The number of nitrogens with zero attached hydrogens (tertiary/aromatic N) is 1. The largest absolute Gasteiger partial charge is 0.494 e. The normalized spacial score (nSPS) is 19.4. The Bertz CT molecular complexity index is 707. The minimum absolute atomic E-state index is 0.216. The van der Waals surface area contributed by atoms with E-state index in [2.05, 4.69) is 0 Å². The van der Waals surface area contributed by atoms with Gasteiger partial charge in [0, 0.05) is 6.54 Å². The van der Waals surface area contributed by atoms with Crippen molar-refractivity contribution >= 4 is 10.0 Å². The van der Waals surface area contributed by atoms with Gasteiger partial charge in [0.05, 0.1) is 23.8 Å². The van der Waals surface area contributed by atoms with E-state index in [0.717, 1.165) is 12.8 Å². The van der Waals surface area contributed by atoms with Gasteiger partial charge in [-0.25, -0.2) is 8.42 Å². The molecule has 3 rings (SSSR count). The zero-order valence-corrected chi connectivity index (χ0v) is 13.3. The Balaban J connectivity index is 1.88. The predicted octanol–water partition coefficient (Wildman–Crippen LogP) is 3.20. The van der Waals surface area contributed by atoms with E-state index in [0.29, 0.717) is 24.7 Å². The Morgan fingerprint density at radius 2 is 2.05 bits per heavy atom. The van der Waals surface area contributed by atoms with Crippen LogP contribution in [0.4, 0.5) is 0 Å². The number of rotatable bonds is 5. The zero-order chi connectivity index (χ0) is 15.6. The topological polar surface area (TPSA) is 59.8 Å². The highest BCUT2D eigenvalue weighted by Gasteiger charge is 2.37. The maximum Gasteiger partial charge on any atom is 0.243 e. The van der Waals surface area contributed by atoms with E-state index in [9.17, 15) is 8.42 Å². The van der Waals surface area contributed by atoms with Crippen molar-refractivity contribution in [2.24, 2.45) is 0 Å². The summed E-state index contributed by atoms with van der Waals surface area (Å²) in [5.74, 6) is 1.37. The van der Waals surface area contributed by atoms with Gasteiger partial charge in [-0.3, -0.25) is 0 Å². The molecule has 5 nitrogen and oxygen atoms in total. The summed E-state index contributed by atoms with van der Waals surface area (Å²) in [4.78, 5) is 0.286. The lowest BCUT2D eigenvalue weighted by Gasteiger charge is -2.22. The Labute approximate surface area is 130 Å². The average Bonchev–Trinajstić information content (AvgIpc) is 3.19. The molecule has 0 aliphatic carbocycles. The summed E-state index contributed by atoms with van der Waals surface area (Å²) in [5.41, 5.74) is 0. The molecule has 0 bridgehead atoms. The van der Waals surface area contributed by atoms with Crippen LogP contribution in [0.5, 0.6) is 5.75 Å². The Hall–Kier alpha value is -1.79. The van der Waals surface area contributed by atoms with Crippen molar-refractivity contribution in [3.05, 3.63) is 48.4 Å². The number of ether oxygens (including phenoxy) is 1. The molecule has 1 aliphatic heterocycles. The summed E-state index contributed by atoms with van der Waals surface area (Å²) in [7, 11) is -3.53. The van der Waals surface area contributed by atoms with Gasteiger partial charge in [0.1, 0.15) is 11.5 Å². The van der Waals surface area contributed by atoms with Crippen molar-refractivity contribution < 1.29 is 17.6 Å². The molecule has 1 aromatic carbocycles. The second kappa shape index (κ2) is 6.14. The molecule has 1 fully saturated rings. The standard InChI is InChI=1S/C16H19NO4S/c1-2-20-13-7-9-14(10-8-13)22(18,19)17-11-3-5-15(17)16-6-4-12-21-16/h4,6-10,12,15H,2-3,5,11H2,1H3/t15-/m0/s1. The number of hydrogen-bond acceptors (Lipinski definition) is 4. The van der Waals surface area contributed by atoms with Crippen LogP contribution in [0.15, 0.2) is 52.0 Å². The second-order valence-electron chi connectivity index (χ2n) is 5.19. The van der Waals surface area contributed by atoms with E-state index in [1.807, 2.05) is 13.0 Å². The second-order valence-corrected chi connectivity index (χ2v) is 7.08. The van der Waals surface area contributed by atoms with Gasteiger partial charge < -0.3 is 9.15 Å². The Morgan fingerprint density at radius 3 is 2.68 bits per heavy atom. The Morgan fingerprint density at radius 1 is 1.27 bits per heavy atom. The molecule has 0 unspecified atom stereocenters. The van der Waals surface area contributed by atoms with E-state index in [-0.39, 0.29) is 10.9 Å². The maximum atomic E-state index is 12.9. The van der Waals surface area contributed by atoms with E-state index in [4.69, 9.17) is 9.15 Å². The molecular formula is C16H19NO4S. The van der Waals surface area contributed by atoms with Gasteiger partial charge in [-0.05, 0) is 56.2 Å². The summed E-state index contributed by atoms with van der Waals surface area (Å²) in [6.45, 7) is 2.96. The van der Waals surface area contributed by atoms with Crippen LogP contribution in [0.1, 0.15) is 31.6 Å². The third kappa shape index (κ3) is 2.76. The first-order valence-corrected chi connectivity index (χ1v) is 8.85. The molecule has 0 N–H and O–H groups in total. The molecule has 2 aromatic rings. The van der Waals surface area contributed by atoms with Gasteiger partial charge in [0.25, 0.3) is 0 Å². The third-order valence-electron chi connectivity index (χ3n) is 3.82. The fourth-order valence-corrected chi connectivity index (χ4v) is 4.47. The highest BCUT2D eigenvalue weighted by molar-refractivity contribution is 7.89. The molecule has 1 aromatic heterocycles. The molecule has 0 amide bonds. The molecule has 1 atom stereocenters. The molecule has 1 aliphatic rings. The molecule has 22 heavy (non-hydrogen) atoms. The first kappa shape index (κ1) is 15.1. The molecular weight excluding hydrogens is 302 g/mol. The van der Waals surface area contributed by atoms with Crippen molar-refractivity contribution in [2.75, 3.05) is 13.2 Å². The van der Waals surface area contributed by atoms with Gasteiger partial charge >= 0.3 is 0 Å². The molecule has 6 heteroatoms. The minimum Gasteiger partial charge on any atom is -0.494 e. The Kier molecular flexibility index (Phi) is 4.22. The average molecular weight is 321 g/mol. The predicted molar refractivity (Wildman–Crippen MR) is 82.2 cm³/mol. The van der Waals surface area contributed by atoms with Crippen LogP contribution < -0.4 is 4.74 Å². The lowest BCUT2D eigenvalue weighted by molar-refractivity contribution is 0.337. The SMILES string of the molecule is CCOc1ccc(S(=O)(=O)N2CCC[C@H]2c2ccco2)cc1. The van der Waals surface area contributed by atoms with Crippen LogP contribution in [0.3, 0.4) is 0 Å². The fourth-order valence-electron chi connectivity index (χ4n) is 2.80. The molecule has 2 heterocycles. The van der Waals surface area contributed by atoms with Crippen molar-refractivity contribution in [3.63, 3.8) is 0 Å². The third-order valence-corrected chi connectivity index (χ3v) is 5.74. The molecule has 118 valence electrons. The van der Waals surface area contributed by atoms with E-state index >= 15 is 0 Å². The van der Waals surface area contributed by atoms with E-state index < -0.39 is 10.0 Å². The van der Waals surface area contributed by atoms with Gasteiger partial charge in [0.15, 0.2) is 0 Å². The minimum atomic E-state index is -3.53. The van der Waals surface area contributed by atoms with Crippen LogP contribution >= 0.6 is 0 Å². The van der Waals surface area contributed by atoms with Crippen LogP contribution in [0.2, 0.25) is 0 Å². The molecule has 0 saturated carbocycles. The van der Waals surface area contributed by atoms with Crippen molar-refractivity contribution in [3.8, 4) is 5.75 Å². The summed E-state index contributed by atoms with van der Waals surface area (Å²) in [6, 6.07) is 9.97. The lowest BCUT2D eigenvalue weighted by Crippen LogP contribution is -2.30. The summed E-state index contributed by atoms with van der Waals surface area (Å²) < 4.78 is 38.0. The van der Waals surface area contributed by atoms with Gasteiger partial charge in [-0.1, -0.05) is 0 Å². The first-order chi connectivity index (χ1) is 10.6. The van der Waals surface area contributed by atoms with Gasteiger partial charge in [-0.2, -0.15) is 4.31 Å². The monoisotopic (exact) mass is 321 g/mol. The first-order valence-electron chi connectivity index (χ1n) is 7.41. The van der Waals surface area contributed by atoms with Crippen LogP contribution in [0, 0.1) is 0 Å². The highest BCUT2D eigenvalue weighted by atomic mass is 32.2. The quantitative estimate of drug-likeness (QED) is 0.848. The number of hydrogen-bond donors (Lipinski definition) is 0. The molecule has 1 saturated heterocycles. The summed E-state index contributed by atoms with van der Waals surface area (Å²) in [5, 5.41) is 0. The number of benzene rings is 1. The van der Waals surface area contributed by atoms with Crippen LogP contribution in [-0.4, -0.2) is 25.9 Å².